The van der Waals surface area contributed by atoms with Crippen LogP contribution in [0.15, 0.2) is 47.2 Å². The summed E-state index contributed by atoms with van der Waals surface area (Å²) in [5.74, 6) is 0.726. The van der Waals surface area contributed by atoms with E-state index in [1.54, 1.807) is 42.7 Å². The zero-order valence-electron chi connectivity index (χ0n) is 13.9. The lowest BCUT2D eigenvalue weighted by molar-refractivity contribution is 0.0489. The molecule has 1 aliphatic rings. The molecule has 0 spiro atoms. The first-order valence-electron chi connectivity index (χ1n) is 8.00. The summed E-state index contributed by atoms with van der Waals surface area (Å²) in [7, 11) is -3.79. The molecule has 0 radical (unpaired) electrons. The Labute approximate surface area is 149 Å². The number of benzene rings is 1. The lowest BCUT2D eigenvalue weighted by Gasteiger charge is -2.19. The summed E-state index contributed by atoms with van der Waals surface area (Å²) < 4.78 is 38.2. The number of aromatic nitrogens is 2. The molecule has 0 atom stereocenters. The Balaban J connectivity index is 1.57. The van der Waals surface area contributed by atoms with Gasteiger partial charge < -0.3 is 14.1 Å². The van der Waals surface area contributed by atoms with Crippen molar-refractivity contribution < 1.29 is 22.5 Å². The highest BCUT2D eigenvalue weighted by atomic mass is 32.2. The van der Waals surface area contributed by atoms with Gasteiger partial charge in [0.1, 0.15) is 0 Å². The Morgan fingerprint density at radius 3 is 2.77 bits per heavy atom. The van der Waals surface area contributed by atoms with Crippen LogP contribution in [0.2, 0.25) is 0 Å². The minimum Gasteiger partial charge on any atom is -0.475 e. The molecule has 0 aliphatic carbocycles. The summed E-state index contributed by atoms with van der Waals surface area (Å²) in [4.78, 5) is 9.48. The number of ether oxygens (including phenoxy) is 1. The second-order valence-corrected chi connectivity index (χ2v) is 7.23. The van der Waals surface area contributed by atoms with Gasteiger partial charge in [0.05, 0.1) is 30.8 Å². The number of nitrogens with zero attached hydrogens (tertiary/aromatic N) is 4. The average Bonchev–Trinajstić information content (AvgIpc) is 3.17. The van der Waals surface area contributed by atoms with E-state index in [2.05, 4.69) is 10.1 Å². The third kappa shape index (κ3) is 2.82. The van der Waals surface area contributed by atoms with Crippen LogP contribution in [0.5, 0.6) is 11.6 Å². The average molecular weight is 376 g/mol. The van der Waals surface area contributed by atoms with E-state index in [0.29, 0.717) is 34.9 Å². The van der Waals surface area contributed by atoms with Gasteiger partial charge in [-0.3, -0.25) is 9.29 Å². The molecule has 136 valence electrons. The Morgan fingerprint density at radius 1 is 1.19 bits per heavy atom. The van der Waals surface area contributed by atoms with Gasteiger partial charge in [-0.2, -0.15) is 8.42 Å². The molecule has 0 bridgehead atoms. The first-order valence-corrected chi connectivity index (χ1v) is 9.40. The van der Waals surface area contributed by atoms with Gasteiger partial charge in [0, 0.05) is 18.5 Å². The van der Waals surface area contributed by atoms with E-state index in [4.69, 9.17) is 14.1 Å². The summed E-state index contributed by atoms with van der Waals surface area (Å²) in [6.45, 7) is 2.80. The van der Waals surface area contributed by atoms with Gasteiger partial charge in [0.2, 0.25) is 0 Å². The molecule has 10 heteroatoms. The highest BCUT2D eigenvalue weighted by Crippen LogP contribution is 2.30. The topological polar surface area (TPSA) is 98.0 Å². The van der Waals surface area contributed by atoms with Gasteiger partial charge in [-0.1, -0.05) is 0 Å². The molecule has 4 rings (SSSR count). The second-order valence-electron chi connectivity index (χ2n) is 5.48. The van der Waals surface area contributed by atoms with Crippen LogP contribution in [0.4, 0.5) is 5.69 Å². The molecule has 1 aromatic carbocycles. The van der Waals surface area contributed by atoms with Crippen LogP contribution in [0.25, 0.3) is 11.0 Å². The molecule has 26 heavy (non-hydrogen) atoms. The van der Waals surface area contributed by atoms with Crippen molar-refractivity contribution in [2.75, 3.05) is 24.0 Å². The van der Waals surface area contributed by atoms with Crippen molar-refractivity contribution in [3.63, 3.8) is 0 Å². The van der Waals surface area contributed by atoms with Gasteiger partial charge in [0.15, 0.2) is 11.3 Å². The minimum atomic E-state index is -3.79. The van der Waals surface area contributed by atoms with Crippen molar-refractivity contribution in [3.8, 4) is 11.6 Å². The summed E-state index contributed by atoms with van der Waals surface area (Å²) >= 11 is 0. The van der Waals surface area contributed by atoms with E-state index >= 15 is 0 Å². The third-order valence-electron chi connectivity index (χ3n) is 3.87. The molecule has 1 fully saturated rings. The van der Waals surface area contributed by atoms with Gasteiger partial charge in [-0.05, 0) is 40.8 Å². The number of hydrogen-bond acceptors (Lipinski definition) is 7. The van der Waals surface area contributed by atoms with Crippen molar-refractivity contribution >= 4 is 26.9 Å². The maximum absolute atomic E-state index is 12.7. The van der Waals surface area contributed by atoms with Gasteiger partial charge in [-0.25, -0.2) is 0 Å². The van der Waals surface area contributed by atoms with Crippen LogP contribution in [0.1, 0.15) is 6.92 Å². The fourth-order valence-corrected chi connectivity index (χ4v) is 4.10. The number of rotatable bonds is 5. The van der Waals surface area contributed by atoms with E-state index in [0.717, 1.165) is 4.47 Å². The van der Waals surface area contributed by atoms with Crippen LogP contribution in [0, 0.1) is 0 Å². The SMILES string of the molecule is CCOc1noc2cc(ON3CCN(c4ccncc4)S3(=O)=O)ccc12. The standard InChI is InChI=1S/C16H16N4O5S/c1-2-23-16-14-4-3-13(11-15(14)24-18-16)25-20-10-9-19(26(20,21)22)12-5-7-17-8-6-12/h3-8,11H,2,9-10H2,1H3. The number of hydroxylamine groups is 1. The molecule has 0 amide bonds. The zero-order valence-corrected chi connectivity index (χ0v) is 14.7. The molecule has 9 nitrogen and oxygen atoms in total. The van der Waals surface area contributed by atoms with Crippen molar-refractivity contribution in [1.29, 1.82) is 0 Å². The van der Waals surface area contributed by atoms with Crippen molar-refractivity contribution in [3.05, 3.63) is 42.7 Å². The van der Waals surface area contributed by atoms with Crippen molar-refractivity contribution in [2.24, 2.45) is 0 Å². The lowest BCUT2D eigenvalue weighted by atomic mass is 10.2. The fourth-order valence-electron chi connectivity index (χ4n) is 2.69. The quantitative estimate of drug-likeness (QED) is 0.671. The molecule has 1 saturated heterocycles. The maximum Gasteiger partial charge on any atom is 0.335 e. The first-order chi connectivity index (χ1) is 12.6. The van der Waals surface area contributed by atoms with Crippen LogP contribution in [0.3, 0.4) is 0 Å². The Hall–Kier alpha value is -2.85. The van der Waals surface area contributed by atoms with Gasteiger partial charge in [-0.15, -0.1) is 0 Å². The molecular weight excluding hydrogens is 360 g/mol. The molecule has 3 heterocycles. The summed E-state index contributed by atoms with van der Waals surface area (Å²) in [6.07, 6.45) is 3.09. The fraction of sp³-hybridized carbons (Fsp3) is 0.250. The Morgan fingerprint density at radius 2 is 2.00 bits per heavy atom. The van der Waals surface area contributed by atoms with Crippen LogP contribution >= 0.6 is 0 Å². The van der Waals surface area contributed by atoms with Crippen LogP contribution < -0.4 is 13.9 Å². The maximum atomic E-state index is 12.7. The Bertz CT molecular complexity index is 1020. The largest absolute Gasteiger partial charge is 0.475 e. The zero-order chi connectivity index (χ0) is 18.1. The third-order valence-corrected chi connectivity index (χ3v) is 5.59. The van der Waals surface area contributed by atoms with Crippen molar-refractivity contribution in [2.45, 2.75) is 6.92 Å². The van der Waals surface area contributed by atoms with E-state index in [-0.39, 0.29) is 13.1 Å². The number of hydrogen-bond donors (Lipinski definition) is 0. The predicted molar refractivity (Wildman–Crippen MR) is 93.0 cm³/mol. The number of anilines is 1. The second kappa shape index (κ2) is 6.46. The van der Waals surface area contributed by atoms with E-state index in [9.17, 15) is 8.42 Å². The molecular formula is C16H16N4O5S. The van der Waals surface area contributed by atoms with Crippen LogP contribution in [-0.2, 0) is 10.2 Å². The smallest absolute Gasteiger partial charge is 0.335 e. The predicted octanol–water partition coefficient (Wildman–Crippen LogP) is 1.98. The molecule has 0 N–H and O–H groups in total. The molecule has 3 aromatic rings. The summed E-state index contributed by atoms with van der Waals surface area (Å²) in [5, 5.41) is 4.54. The van der Waals surface area contributed by atoms with Crippen molar-refractivity contribution in [1.82, 2.24) is 14.6 Å². The minimum absolute atomic E-state index is 0.198. The highest BCUT2D eigenvalue weighted by Gasteiger charge is 2.39. The number of pyridine rings is 1. The summed E-state index contributed by atoms with van der Waals surface area (Å²) in [5.41, 5.74) is 0.992. The van der Waals surface area contributed by atoms with E-state index in [1.165, 1.54) is 4.31 Å². The van der Waals surface area contributed by atoms with Gasteiger partial charge in [0.25, 0.3) is 5.88 Å². The monoisotopic (exact) mass is 376 g/mol. The first kappa shape index (κ1) is 16.6. The molecule has 2 aromatic heterocycles. The Kier molecular flexibility index (Phi) is 4.13. The van der Waals surface area contributed by atoms with E-state index < -0.39 is 10.2 Å². The van der Waals surface area contributed by atoms with Crippen LogP contribution in [-0.4, -0.2) is 42.7 Å². The highest BCUT2D eigenvalue weighted by molar-refractivity contribution is 7.90. The molecule has 0 unspecified atom stereocenters. The molecule has 1 aliphatic heterocycles. The number of fused-ring (bicyclic) bond motifs is 1. The lowest BCUT2D eigenvalue weighted by Crippen LogP contribution is -2.35. The van der Waals surface area contributed by atoms with Gasteiger partial charge >= 0.3 is 10.2 Å². The molecule has 0 saturated carbocycles. The van der Waals surface area contributed by atoms with E-state index in [1.807, 2.05) is 6.92 Å². The summed E-state index contributed by atoms with van der Waals surface area (Å²) in [6, 6.07) is 8.21. The normalized spacial score (nSPS) is 16.9.